The minimum Gasteiger partial charge on any atom is -0.367 e. The topological polar surface area (TPSA) is 55.1 Å². The average molecular weight is 259 g/mol. The Hall–Kier alpha value is -1.65. The molecule has 2 unspecified atom stereocenters. The smallest absolute Gasteiger partial charge is 0.254 e. The van der Waals surface area contributed by atoms with Crippen LogP contribution in [-0.4, -0.2) is 25.6 Å². The Morgan fingerprint density at radius 2 is 2.32 bits per heavy atom. The fourth-order valence-corrected chi connectivity index (χ4v) is 3.04. The molecule has 5 nitrogen and oxygen atoms in total. The molecule has 1 N–H and O–H groups in total. The van der Waals surface area contributed by atoms with Crippen molar-refractivity contribution in [2.75, 3.05) is 5.32 Å². The quantitative estimate of drug-likeness (QED) is 0.921. The van der Waals surface area contributed by atoms with Crippen molar-refractivity contribution in [3.05, 3.63) is 18.1 Å². The number of nitrogens with zero attached hydrogens (tertiary/aromatic N) is 4. The first-order valence-electron chi connectivity index (χ1n) is 7.20. The van der Waals surface area contributed by atoms with Crippen LogP contribution in [0.1, 0.15) is 44.7 Å². The number of aromatic nitrogens is 4. The van der Waals surface area contributed by atoms with Crippen LogP contribution in [0.2, 0.25) is 0 Å². The van der Waals surface area contributed by atoms with Gasteiger partial charge in [0.15, 0.2) is 0 Å². The maximum atomic E-state index is 4.37. The van der Waals surface area contributed by atoms with Crippen LogP contribution < -0.4 is 5.32 Å². The molecule has 0 amide bonds. The molecular formula is C14H21N5. The highest BCUT2D eigenvalue weighted by Gasteiger charge is 2.21. The molecule has 19 heavy (non-hydrogen) atoms. The van der Waals surface area contributed by atoms with Crippen molar-refractivity contribution in [2.24, 2.45) is 5.92 Å². The van der Waals surface area contributed by atoms with Crippen LogP contribution in [0.3, 0.4) is 0 Å². The predicted octanol–water partition coefficient (Wildman–Crippen LogP) is 2.81. The average Bonchev–Trinajstić information content (AvgIpc) is 2.87. The van der Waals surface area contributed by atoms with E-state index in [2.05, 4.69) is 33.4 Å². The van der Waals surface area contributed by atoms with Crippen molar-refractivity contribution in [3.8, 4) is 0 Å². The Morgan fingerprint density at radius 1 is 1.42 bits per heavy atom. The van der Waals surface area contributed by atoms with E-state index < -0.39 is 0 Å². The summed E-state index contributed by atoms with van der Waals surface area (Å²) in [5.74, 6) is 2.55. The number of nitrogens with one attached hydrogen (secondary N) is 1. The Bertz CT molecular complexity index is 562. The summed E-state index contributed by atoms with van der Waals surface area (Å²) < 4.78 is 1.79. The summed E-state index contributed by atoms with van der Waals surface area (Å²) in [4.78, 5) is 8.54. The SMILES string of the molecule is CCC1CCCC(Nc2cc(C)nc3ncnn23)C1. The molecule has 2 atom stereocenters. The van der Waals surface area contributed by atoms with Gasteiger partial charge in [-0.1, -0.05) is 26.2 Å². The third-order valence-corrected chi connectivity index (χ3v) is 4.09. The van der Waals surface area contributed by atoms with Gasteiger partial charge < -0.3 is 5.32 Å². The Labute approximate surface area is 113 Å². The second kappa shape index (κ2) is 5.15. The van der Waals surface area contributed by atoms with Gasteiger partial charge in [-0.3, -0.25) is 0 Å². The first-order valence-corrected chi connectivity index (χ1v) is 7.20. The van der Waals surface area contributed by atoms with Gasteiger partial charge in [-0.2, -0.15) is 14.6 Å². The van der Waals surface area contributed by atoms with E-state index in [-0.39, 0.29) is 0 Å². The first kappa shape index (κ1) is 12.4. The standard InChI is InChI=1S/C14H21N5/c1-3-11-5-4-6-12(8-11)18-13-7-10(2)17-14-15-9-16-19(13)14/h7,9,11-12,18H,3-6,8H2,1-2H3. The zero-order valence-electron chi connectivity index (χ0n) is 11.6. The summed E-state index contributed by atoms with van der Waals surface area (Å²) in [5.41, 5.74) is 0.978. The van der Waals surface area contributed by atoms with E-state index in [4.69, 9.17) is 0 Å². The van der Waals surface area contributed by atoms with Crippen LogP contribution >= 0.6 is 0 Å². The Balaban J connectivity index is 1.82. The van der Waals surface area contributed by atoms with Gasteiger partial charge in [0, 0.05) is 17.8 Å². The molecule has 0 radical (unpaired) electrons. The lowest BCUT2D eigenvalue weighted by Gasteiger charge is -2.29. The summed E-state index contributed by atoms with van der Waals surface area (Å²) in [5, 5.41) is 7.88. The second-order valence-electron chi connectivity index (χ2n) is 5.54. The number of hydrogen-bond acceptors (Lipinski definition) is 4. The molecule has 2 aromatic heterocycles. The lowest BCUT2D eigenvalue weighted by Crippen LogP contribution is -2.28. The number of aryl methyl sites for hydroxylation is 1. The van der Waals surface area contributed by atoms with Gasteiger partial charge in [0.05, 0.1) is 0 Å². The van der Waals surface area contributed by atoms with Crippen molar-refractivity contribution in [1.82, 2.24) is 19.6 Å². The van der Waals surface area contributed by atoms with E-state index in [1.807, 2.05) is 6.92 Å². The van der Waals surface area contributed by atoms with Crippen LogP contribution in [0.5, 0.6) is 0 Å². The third-order valence-electron chi connectivity index (χ3n) is 4.09. The molecule has 0 bridgehead atoms. The van der Waals surface area contributed by atoms with E-state index in [9.17, 15) is 0 Å². The van der Waals surface area contributed by atoms with E-state index in [1.54, 1.807) is 10.8 Å². The largest absolute Gasteiger partial charge is 0.367 e. The number of fused-ring (bicyclic) bond motifs is 1. The van der Waals surface area contributed by atoms with Crippen LogP contribution in [0.15, 0.2) is 12.4 Å². The van der Waals surface area contributed by atoms with Crippen LogP contribution in [0.25, 0.3) is 5.78 Å². The van der Waals surface area contributed by atoms with Crippen molar-refractivity contribution in [3.63, 3.8) is 0 Å². The Morgan fingerprint density at radius 3 is 3.16 bits per heavy atom. The summed E-state index contributed by atoms with van der Waals surface area (Å²) in [6, 6.07) is 2.60. The molecule has 0 spiro atoms. The van der Waals surface area contributed by atoms with Gasteiger partial charge in [-0.25, -0.2) is 4.98 Å². The van der Waals surface area contributed by atoms with Crippen LogP contribution in [-0.2, 0) is 0 Å². The van der Waals surface area contributed by atoms with E-state index in [0.29, 0.717) is 11.8 Å². The normalized spacial score (nSPS) is 23.7. The highest BCUT2D eigenvalue weighted by molar-refractivity contribution is 5.45. The second-order valence-corrected chi connectivity index (χ2v) is 5.54. The summed E-state index contributed by atoms with van der Waals surface area (Å²) in [6.45, 7) is 4.29. The molecule has 5 heteroatoms. The van der Waals surface area contributed by atoms with Crippen LogP contribution in [0, 0.1) is 12.8 Å². The van der Waals surface area contributed by atoms with E-state index in [1.165, 1.54) is 32.1 Å². The van der Waals surface area contributed by atoms with E-state index >= 15 is 0 Å². The molecular weight excluding hydrogens is 238 g/mol. The molecule has 2 heterocycles. The number of anilines is 1. The lowest BCUT2D eigenvalue weighted by molar-refractivity contribution is 0.326. The molecule has 1 aliphatic rings. The van der Waals surface area contributed by atoms with Crippen molar-refractivity contribution >= 4 is 11.6 Å². The number of hydrogen-bond donors (Lipinski definition) is 1. The summed E-state index contributed by atoms with van der Waals surface area (Å²) in [7, 11) is 0. The minimum absolute atomic E-state index is 0.549. The van der Waals surface area contributed by atoms with Gasteiger partial charge in [-0.05, 0) is 25.7 Å². The maximum absolute atomic E-state index is 4.37. The summed E-state index contributed by atoms with van der Waals surface area (Å²) >= 11 is 0. The first-order chi connectivity index (χ1) is 9.26. The van der Waals surface area contributed by atoms with Gasteiger partial charge in [0.25, 0.3) is 5.78 Å². The fraction of sp³-hybridized carbons (Fsp3) is 0.643. The van der Waals surface area contributed by atoms with E-state index in [0.717, 1.165) is 17.4 Å². The van der Waals surface area contributed by atoms with Crippen LogP contribution in [0.4, 0.5) is 5.82 Å². The van der Waals surface area contributed by atoms with Gasteiger partial charge >= 0.3 is 0 Å². The third kappa shape index (κ3) is 2.55. The van der Waals surface area contributed by atoms with Crippen molar-refractivity contribution in [2.45, 2.75) is 52.0 Å². The zero-order chi connectivity index (χ0) is 13.2. The highest BCUT2D eigenvalue weighted by atomic mass is 15.4. The zero-order valence-corrected chi connectivity index (χ0v) is 11.6. The molecule has 2 aromatic rings. The highest BCUT2D eigenvalue weighted by Crippen LogP contribution is 2.28. The van der Waals surface area contributed by atoms with Crippen molar-refractivity contribution < 1.29 is 0 Å². The predicted molar refractivity (Wildman–Crippen MR) is 75.2 cm³/mol. The fourth-order valence-electron chi connectivity index (χ4n) is 3.04. The lowest BCUT2D eigenvalue weighted by atomic mass is 9.84. The molecule has 3 rings (SSSR count). The molecule has 1 saturated carbocycles. The summed E-state index contributed by atoms with van der Waals surface area (Å²) in [6.07, 6.45) is 8.04. The monoisotopic (exact) mass is 259 g/mol. The van der Waals surface area contributed by atoms with Gasteiger partial charge in [0.1, 0.15) is 12.1 Å². The minimum atomic E-state index is 0.549. The molecule has 1 fully saturated rings. The molecule has 102 valence electrons. The molecule has 1 aliphatic carbocycles. The van der Waals surface area contributed by atoms with Crippen molar-refractivity contribution in [1.29, 1.82) is 0 Å². The van der Waals surface area contributed by atoms with Gasteiger partial charge in [0.2, 0.25) is 0 Å². The van der Waals surface area contributed by atoms with Gasteiger partial charge in [-0.15, -0.1) is 0 Å². The number of rotatable bonds is 3. The molecule has 0 saturated heterocycles. The molecule has 0 aliphatic heterocycles. The Kier molecular flexibility index (Phi) is 3.36. The molecule has 0 aromatic carbocycles. The maximum Gasteiger partial charge on any atom is 0.254 e.